The quantitative estimate of drug-likeness (QED) is 0.00574. The first kappa shape index (κ1) is 119. The van der Waals surface area contributed by atoms with Crippen molar-refractivity contribution in [3.8, 4) is 77.9 Å². The molecule has 0 heterocycles. The molecule has 0 fully saturated rings. The van der Waals surface area contributed by atoms with Crippen molar-refractivity contribution in [1.29, 1.82) is 0 Å². The smallest absolute Gasteiger partial charge is 0.423 e. The molecule has 143 heavy (non-hydrogen) atoms. The van der Waals surface area contributed by atoms with Gasteiger partial charge in [-0.05, 0) is 468 Å². The molecule has 0 unspecified atom stereocenters. The van der Waals surface area contributed by atoms with Crippen LogP contribution in [-0.2, 0) is 44.9 Å². The number of nitrogens with two attached hydrogens (primary N) is 2. The number of hydrogen-bond acceptors (Lipinski definition) is 13. The number of halogens is 4. The second-order valence-corrected chi connectivity index (χ2v) is 52.2. The van der Waals surface area contributed by atoms with Crippen molar-refractivity contribution < 1.29 is 52.0 Å². The molecule has 12 rings (SSSR count). The number of nitrogens with one attached hydrogen (secondary N) is 1. The third-order valence-corrected chi connectivity index (χ3v) is 38.7. The third kappa shape index (κ3) is 31.6. The fourth-order valence-corrected chi connectivity index (χ4v) is 19.2. The summed E-state index contributed by atoms with van der Waals surface area (Å²) in [5.74, 6) is -1.89. The van der Waals surface area contributed by atoms with Gasteiger partial charge in [-0.15, -0.1) is 0 Å². The van der Waals surface area contributed by atoms with Crippen molar-refractivity contribution in [3.63, 3.8) is 0 Å². The van der Waals surface area contributed by atoms with Crippen molar-refractivity contribution in [2.75, 3.05) is 34.8 Å². The molecule has 0 atom stereocenters. The first-order valence-electron chi connectivity index (χ1n) is 49.0. The number of nitrogens with zero attached hydrogens (tertiary/aromatic N) is 3. The first-order chi connectivity index (χ1) is 66.7. The van der Waals surface area contributed by atoms with Crippen LogP contribution in [0.15, 0.2) is 228 Å². The highest BCUT2D eigenvalue weighted by Crippen LogP contribution is 2.46. The maximum absolute atomic E-state index is 13.2. The molecule has 14 nitrogen and oxygen atoms in total. The van der Waals surface area contributed by atoms with Gasteiger partial charge in [0, 0.05) is 39.4 Å². The van der Waals surface area contributed by atoms with E-state index in [1.165, 1.54) is 137 Å². The highest BCUT2D eigenvalue weighted by Gasteiger charge is 2.43. The maximum Gasteiger partial charge on any atom is 0.488 e. The molecule has 0 saturated carbocycles. The lowest BCUT2D eigenvalue weighted by Crippen LogP contribution is -2.41. The minimum atomic E-state index is -4.96. The number of rotatable bonds is 24. The van der Waals surface area contributed by atoms with E-state index in [-0.39, 0.29) is 28.9 Å². The van der Waals surface area contributed by atoms with Crippen LogP contribution in [0.5, 0.6) is 0 Å². The number of carbonyl (C=O) groups is 1. The van der Waals surface area contributed by atoms with Crippen molar-refractivity contribution in [3.05, 3.63) is 332 Å². The average molecular weight is 2090 g/mol. The summed E-state index contributed by atoms with van der Waals surface area (Å²) in [4.78, 5) is 18.3. The molecule has 0 bridgehead atoms. The summed E-state index contributed by atoms with van der Waals surface area (Å²) in [7, 11) is -4.87. The average Bonchev–Trinajstić information content (AvgIpc) is 0.773. The predicted molar refractivity (Wildman–Crippen MR) is 617 cm³/mol. The molecule has 0 aliphatic heterocycles. The number of amides is 1. The standard InChI is InChI=1S/C31H38N2O.C30H32F3NO2.C29H39NOSi.C16H18IN.C13H23BO3Si.C3H7NO/c1-20(2)17-18-32-29-15-13-28(14-16-29)31-24(7)22(5)30(23(6)25(31)8)27-11-9-26(10-12-27)19-34-33-21(3)4;1-18(2)15-16-34(29(36)30(31,32)33)26-13-11-25(12-14-26)28-21(5)19(3)27(20(4)22(28)6)24-9-7-23(17-35)8-10-24;1-19-21(3)28(25-14-16-26(30)17-15-25)22(4)20(2)27(19)24-12-10-23(11-13-24)18-31-32(8,9)29(5,6)7;1-9-11(3)16(17)12(4)10(2)15(9)13-5-7-14(18)8-6-13;1-13(2,3)18(4,5)17-10-11-6-8-12(9-7-11)14(15)16;1-3(2)4-5/h9-17,32H,18-19H2,1-8H3;7-15,35H,16-17H2,1-6H3;10-17H,18,30H2,1-9H3;5-8H,18H2,1-4H3;6-9,15-16H,10H2,1-5H3;5H,1-2H3. The Bertz CT molecular complexity index is 6250. The zero-order valence-electron chi connectivity index (χ0n) is 91.4. The van der Waals surface area contributed by atoms with Gasteiger partial charge in [-0.2, -0.15) is 13.2 Å². The van der Waals surface area contributed by atoms with Gasteiger partial charge in [0.25, 0.3) is 0 Å². The fraction of sp³-hybridized carbons (Fsp3) is 0.352. The van der Waals surface area contributed by atoms with Gasteiger partial charge in [0.2, 0.25) is 0 Å². The molecule has 12 aromatic carbocycles. The predicted octanol–water partition coefficient (Wildman–Crippen LogP) is 32.0. The van der Waals surface area contributed by atoms with Crippen molar-refractivity contribution in [2.45, 2.75) is 277 Å². The monoisotopic (exact) mass is 2090 g/mol. The molecule has 21 heteroatoms. The lowest BCUT2D eigenvalue weighted by Gasteiger charge is -2.36. The molecular weight excluding hydrogens is 1930 g/mol. The molecule has 0 aliphatic rings. The Morgan fingerprint density at radius 2 is 0.657 bits per heavy atom. The molecule has 0 spiro atoms. The lowest BCUT2D eigenvalue weighted by molar-refractivity contribution is -0.170. The van der Waals surface area contributed by atoms with Crippen LogP contribution in [-0.4, -0.2) is 80.7 Å². The van der Waals surface area contributed by atoms with Crippen LogP contribution < -0.4 is 27.1 Å². The normalized spacial score (nSPS) is 11.3. The fourth-order valence-electron chi connectivity index (χ4n) is 16.5. The van der Waals surface area contributed by atoms with Gasteiger partial charge in [0.15, 0.2) is 16.6 Å². The van der Waals surface area contributed by atoms with Gasteiger partial charge in [-0.3, -0.25) is 4.79 Å². The van der Waals surface area contributed by atoms with E-state index in [2.05, 4.69) is 320 Å². The van der Waals surface area contributed by atoms with Crippen molar-refractivity contribution in [2.24, 2.45) is 10.3 Å². The van der Waals surface area contributed by atoms with Gasteiger partial charge >= 0.3 is 19.2 Å². The lowest BCUT2D eigenvalue weighted by atomic mass is 9.80. The van der Waals surface area contributed by atoms with Crippen molar-refractivity contribution in [1.82, 2.24) is 0 Å². The van der Waals surface area contributed by atoms with Gasteiger partial charge in [0.05, 0.1) is 31.2 Å². The molecule has 0 radical (unpaired) electrons. The van der Waals surface area contributed by atoms with E-state index >= 15 is 0 Å². The number of hydrogen-bond donors (Lipinski definition) is 7. The second-order valence-electron chi connectivity index (χ2n) is 41.5. The minimum absolute atomic E-state index is 0.00837. The molecule has 762 valence electrons. The van der Waals surface area contributed by atoms with Crippen LogP contribution >= 0.6 is 22.6 Å². The number of allylic oxidation sites excluding steroid dienone is 2. The van der Waals surface area contributed by atoms with E-state index in [0.29, 0.717) is 31.0 Å². The Morgan fingerprint density at radius 1 is 0.399 bits per heavy atom. The topological polar surface area (TPSA) is 218 Å². The molecule has 0 saturated heterocycles. The molecule has 9 N–H and O–H groups in total. The van der Waals surface area contributed by atoms with Gasteiger partial charge < -0.3 is 55.7 Å². The summed E-state index contributed by atoms with van der Waals surface area (Å²) in [6.07, 6.45) is -1.15. The molecule has 1 amide bonds. The van der Waals surface area contributed by atoms with E-state index in [1.807, 2.05) is 88.4 Å². The molecule has 0 aliphatic carbocycles. The van der Waals surface area contributed by atoms with Crippen LogP contribution in [0.2, 0.25) is 36.3 Å². The largest absolute Gasteiger partial charge is 0.488 e. The van der Waals surface area contributed by atoms with Crippen LogP contribution in [0, 0.1) is 114 Å². The summed E-state index contributed by atoms with van der Waals surface area (Å²) in [6.45, 7) is 75.1. The summed E-state index contributed by atoms with van der Waals surface area (Å²) >= 11 is 2.44. The maximum atomic E-state index is 13.2. The zero-order chi connectivity index (χ0) is 107. The SMILES string of the molecule is CC(C)(C)[Si](C)(C)OCc1ccc(B(O)O)cc1.CC(C)=CCN(C(=O)C(F)(F)F)c1ccc(-c2c(C)c(C)c(-c3ccc(CO)cc3)c(C)c2C)cc1.CC(C)=CCNc1ccc(-c2c(C)c(C)c(-c3ccc(CON=C(C)C)cc3)c(C)c2C)cc1.CC(C)=NO.Cc1c(C)c(-c2ccc(CO[Si](C)(C)C(C)(C)C)cc2)c(C)c(C)c1-c1ccc(N)cc1.Cc1c(C)c(-c2ccc(N)cc2)c(C)c(C)c1I. The number of benzene rings is 12. The Labute approximate surface area is 869 Å². The summed E-state index contributed by atoms with van der Waals surface area (Å²) in [6, 6.07) is 64.5. The molecular formula is C122H157BF3IN6O8Si2. The number of carbonyl (C=O) groups excluding carboxylic acids is 1. The summed E-state index contributed by atoms with van der Waals surface area (Å²) in [5, 5.41) is 45.8. The van der Waals surface area contributed by atoms with Crippen LogP contribution in [0.4, 0.5) is 35.9 Å². The van der Waals surface area contributed by atoms with E-state index in [9.17, 15) is 23.1 Å². The number of aliphatic hydroxyl groups is 1. The van der Waals surface area contributed by atoms with E-state index in [4.69, 9.17) is 40.4 Å². The Kier molecular flexibility index (Phi) is 43.2. The van der Waals surface area contributed by atoms with Crippen LogP contribution in [0.3, 0.4) is 0 Å². The third-order valence-electron chi connectivity index (χ3n) is 28.1. The number of alkyl halides is 3. The Balaban J connectivity index is 0.000000245. The van der Waals surface area contributed by atoms with E-state index in [0.717, 1.165) is 101 Å². The number of aliphatic hydroxyl groups excluding tert-OH is 1. The first-order valence-corrected chi connectivity index (χ1v) is 55.9. The zero-order valence-corrected chi connectivity index (χ0v) is 95.5. The van der Waals surface area contributed by atoms with Crippen molar-refractivity contribution >= 4 is 91.9 Å². The minimum Gasteiger partial charge on any atom is -0.423 e. The van der Waals surface area contributed by atoms with Gasteiger partial charge in [-0.1, -0.05) is 221 Å². The van der Waals surface area contributed by atoms with Gasteiger partial charge in [-0.25, -0.2) is 0 Å². The highest BCUT2D eigenvalue weighted by molar-refractivity contribution is 14.1. The van der Waals surface area contributed by atoms with Crippen LogP contribution in [0.25, 0.3) is 77.9 Å². The number of nitrogen functional groups attached to an aromatic ring is 2. The van der Waals surface area contributed by atoms with E-state index < -0.39 is 35.8 Å². The highest BCUT2D eigenvalue weighted by atomic mass is 127. The van der Waals surface area contributed by atoms with E-state index in [1.54, 1.807) is 70.2 Å². The Morgan fingerprint density at radius 3 is 0.916 bits per heavy atom. The van der Waals surface area contributed by atoms with Crippen LogP contribution in [0.1, 0.15) is 208 Å². The molecule has 0 aromatic heterocycles. The number of oxime groups is 2. The van der Waals surface area contributed by atoms with Gasteiger partial charge in [0.1, 0.15) is 6.61 Å². The second kappa shape index (κ2) is 52.0. The molecule has 12 aromatic rings. The Hall–Kier alpha value is -11.3. The number of anilines is 4. The summed E-state index contributed by atoms with van der Waals surface area (Å²) < 4.78 is 53.6. The summed E-state index contributed by atoms with van der Waals surface area (Å²) in [5.41, 5.74) is 60.8.